The van der Waals surface area contributed by atoms with Crippen molar-refractivity contribution in [2.75, 3.05) is 41.8 Å². The van der Waals surface area contributed by atoms with Crippen molar-refractivity contribution < 1.29 is 18.3 Å². The number of aromatic nitrogens is 4. The Morgan fingerprint density at radius 2 is 1.62 bits per heavy atom. The number of amides is 2. The third kappa shape index (κ3) is 6.39. The van der Waals surface area contributed by atoms with Crippen LogP contribution in [0.2, 0.25) is 5.02 Å². The summed E-state index contributed by atoms with van der Waals surface area (Å²) in [5, 5.41) is 9.91. The van der Waals surface area contributed by atoms with Crippen LogP contribution in [0, 0.1) is 0 Å². The summed E-state index contributed by atoms with van der Waals surface area (Å²) in [6, 6.07) is 15.5. The van der Waals surface area contributed by atoms with Gasteiger partial charge in [-0.05, 0) is 62.1 Å². The Hall–Kier alpha value is -4.03. The van der Waals surface area contributed by atoms with Crippen LogP contribution in [0.15, 0.2) is 54.6 Å². The van der Waals surface area contributed by atoms with Gasteiger partial charge in [-0.1, -0.05) is 23.7 Å². The fourth-order valence-electron chi connectivity index (χ4n) is 5.44. The van der Waals surface area contributed by atoms with Crippen molar-refractivity contribution in [1.82, 2.24) is 24.8 Å². The molecule has 1 saturated heterocycles. The first-order chi connectivity index (χ1) is 20.4. The Balaban J connectivity index is 1.19. The van der Waals surface area contributed by atoms with Crippen LogP contribution in [0.4, 0.5) is 31.0 Å². The summed E-state index contributed by atoms with van der Waals surface area (Å²) < 4.78 is 35.2. The number of anilines is 3. The highest BCUT2D eigenvalue weighted by molar-refractivity contribution is 6.30. The number of carbonyl (C=O) groups excluding carboxylic acids is 1. The Bertz CT molecular complexity index is 1540. The molecule has 2 aromatic heterocycles. The van der Waals surface area contributed by atoms with Crippen molar-refractivity contribution in [2.45, 2.75) is 44.2 Å². The smallest absolute Gasteiger partial charge is 0.319 e. The van der Waals surface area contributed by atoms with E-state index in [1.165, 1.54) is 4.57 Å². The minimum absolute atomic E-state index is 0.0254. The molecule has 0 radical (unpaired) electrons. The van der Waals surface area contributed by atoms with Crippen LogP contribution in [0.25, 0.3) is 16.9 Å². The lowest BCUT2D eigenvalue weighted by Crippen LogP contribution is -2.42. The summed E-state index contributed by atoms with van der Waals surface area (Å²) in [6.07, 6.45) is 0.313. The fourth-order valence-corrected chi connectivity index (χ4v) is 5.56. The summed E-state index contributed by atoms with van der Waals surface area (Å²) in [4.78, 5) is 28.2. The van der Waals surface area contributed by atoms with Gasteiger partial charge in [0.15, 0.2) is 5.82 Å². The minimum Gasteiger partial charge on any atom is -0.378 e. The first kappa shape index (κ1) is 28.1. The molecule has 220 valence electrons. The largest absolute Gasteiger partial charge is 0.378 e. The zero-order valence-electron chi connectivity index (χ0n) is 22.8. The molecule has 4 aromatic rings. The molecule has 2 aromatic carbocycles. The number of nitrogens with one attached hydrogen (secondary N) is 3. The van der Waals surface area contributed by atoms with Gasteiger partial charge in [0.1, 0.15) is 11.6 Å². The number of urea groups is 1. The second-order valence-corrected chi connectivity index (χ2v) is 10.8. The van der Waals surface area contributed by atoms with Gasteiger partial charge in [0.25, 0.3) is 6.43 Å². The van der Waals surface area contributed by atoms with Crippen molar-refractivity contribution in [3.05, 3.63) is 65.4 Å². The molecular formula is C29H31ClF2N8O2. The zero-order chi connectivity index (χ0) is 29.1. The number of morpholine rings is 1. The van der Waals surface area contributed by atoms with Crippen molar-refractivity contribution in [3.8, 4) is 5.82 Å². The third-order valence-electron chi connectivity index (χ3n) is 7.54. The van der Waals surface area contributed by atoms with E-state index in [1.807, 2.05) is 0 Å². The zero-order valence-corrected chi connectivity index (χ0v) is 23.5. The molecule has 10 nitrogen and oxygen atoms in total. The maximum absolute atomic E-state index is 14.1. The number of fused-ring (bicyclic) bond motifs is 1. The fraction of sp³-hybridized carbons (Fsp3) is 0.379. The van der Waals surface area contributed by atoms with Crippen LogP contribution in [-0.4, -0.2) is 63.9 Å². The number of alkyl halides is 2. The van der Waals surface area contributed by atoms with Gasteiger partial charge in [0, 0.05) is 41.9 Å². The SMILES string of the molecule is O=C(Nc1ccc(Cl)cc1)NC1CCC(Nc2nc(N3CCOCC3)cc(-n3c(C(F)F)nc4ccccc43)n2)CC1. The van der Waals surface area contributed by atoms with Crippen LogP contribution < -0.4 is 20.9 Å². The number of carbonyl (C=O) groups is 1. The van der Waals surface area contributed by atoms with E-state index in [1.54, 1.807) is 54.6 Å². The first-order valence-corrected chi connectivity index (χ1v) is 14.4. The van der Waals surface area contributed by atoms with Gasteiger partial charge in [0.05, 0.1) is 24.2 Å². The van der Waals surface area contributed by atoms with Crippen LogP contribution in [0.3, 0.4) is 0 Å². The lowest BCUT2D eigenvalue weighted by Gasteiger charge is -2.31. The quantitative estimate of drug-likeness (QED) is 0.248. The molecule has 2 aliphatic rings. The molecule has 3 heterocycles. The van der Waals surface area contributed by atoms with E-state index in [0.717, 1.165) is 25.7 Å². The second-order valence-electron chi connectivity index (χ2n) is 10.4. The number of imidazole rings is 1. The van der Waals surface area contributed by atoms with E-state index in [2.05, 4.69) is 25.8 Å². The molecule has 0 unspecified atom stereocenters. The highest BCUT2D eigenvalue weighted by Gasteiger charge is 2.26. The average Bonchev–Trinajstić information content (AvgIpc) is 3.40. The average molecular weight is 597 g/mol. The van der Waals surface area contributed by atoms with Gasteiger partial charge in [-0.15, -0.1) is 0 Å². The maximum atomic E-state index is 14.1. The molecule has 1 aliphatic carbocycles. The number of nitrogens with zero attached hydrogens (tertiary/aromatic N) is 5. The van der Waals surface area contributed by atoms with Crippen molar-refractivity contribution in [2.24, 2.45) is 0 Å². The van der Waals surface area contributed by atoms with Crippen LogP contribution in [0.5, 0.6) is 0 Å². The van der Waals surface area contributed by atoms with Crippen LogP contribution in [0.1, 0.15) is 37.9 Å². The lowest BCUT2D eigenvalue weighted by molar-refractivity contribution is 0.122. The Morgan fingerprint density at radius 3 is 2.36 bits per heavy atom. The summed E-state index contributed by atoms with van der Waals surface area (Å²) in [5.74, 6) is 0.964. The van der Waals surface area contributed by atoms with Gasteiger partial charge in [0.2, 0.25) is 5.95 Å². The molecular weight excluding hydrogens is 566 g/mol. The molecule has 3 N–H and O–H groups in total. The molecule has 6 rings (SSSR count). The van der Waals surface area contributed by atoms with Gasteiger partial charge >= 0.3 is 6.03 Å². The molecule has 2 fully saturated rings. The summed E-state index contributed by atoms with van der Waals surface area (Å²) in [5.41, 5.74) is 1.69. The molecule has 2 amide bonds. The highest BCUT2D eigenvalue weighted by Crippen LogP contribution is 2.30. The predicted molar refractivity (Wildman–Crippen MR) is 158 cm³/mol. The number of benzene rings is 2. The van der Waals surface area contributed by atoms with Gasteiger partial charge in [-0.25, -0.2) is 18.6 Å². The van der Waals surface area contributed by atoms with E-state index < -0.39 is 6.43 Å². The summed E-state index contributed by atoms with van der Waals surface area (Å²) in [6.45, 7) is 2.39. The molecule has 0 bridgehead atoms. The first-order valence-electron chi connectivity index (χ1n) is 14.0. The normalized spacial score (nSPS) is 19.2. The number of halogens is 3. The maximum Gasteiger partial charge on any atom is 0.319 e. The van der Waals surface area contributed by atoms with E-state index in [-0.39, 0.29) is 23.9 Å². The predicted octanol–water partition coefficient (Wildman–Crippen LogP) is 5.79. The van der Waals surface area contributed by atoms with Crippen molar-refractivity contribution in [1.29, 1.82) is 0 Å². The third-order valence-corrected chi connectivity index (χ3v) is 7.79. The van der Waals surface area contributed by atoms with E-state index >= 15 is 0 Å². The summed E-state index contributed by atoms with van der Waals surface area (Å²) >= 11 is 5.92. The van der Waals surface area contributed by atoms with Crippen LogP contribution in [-0.2, 0) is 4.74 Å². The molecule has 0 atom stereocenters. The Morgan fingerprint density at radius 1 is 0.929 bits per heavy atom. The molecule has 13 heteroatoms. The standard InChI is InChI=1S/C29H31ClF2N8O2/c30-18-5-7-20(8-6-18)34-29(41)35-21-11-9-19(10-12-21)33-28-37-24(39-13-15-42-16-14-39)17-25(38-28)40-23-4-2-1-3-22(23)36-27(40)26(31)32/h1-8,17,19,21,26H,9-16H2,(H,33,37,38)(H2,34,35,41). The monoisotopic (exact) mass is 596 g/mol. The topological polar surface area (TPSA) is 109 Å². The van der Waals surface area contributed by atoms with E-state index in [4.69, 9.17) is 26.3 Å². The number of para-hydroxylation sites is 2. The molecule has 42 heavy (non-hydrogen) atoms. The lowest BCUT2D eigenvalue weighted by atomic mass is 9.91. The number of ether oxygens (including phenoxy) is 1. The van der Waals surface area contributed by atoms with Gasteiger partial charge in [-0.3, -0.25) is 4.57 Å². The second kappa shape index (κ2) is 12.5. The molecule has 0 spiro atoms. The van der Waals surface area contributed by atoms with Crippen molar-refractivity contribution >= 4 is 46.1 Å². The Kier molecular flexibility index (Phi) is 8.34. The van der Waals surface area contributed by atoms with Crippen LogP contribution >= 0.6 is 11.6 Å². The van der Waals surface area contributed by atoms with E-state index in [9.17, 15) is 13.6 Å². The number of rotatable bonds is 7. The minimum atomic E-state index is -2.78. The van der Waals surface area contributed by atoms with Crippen molar-refractivity contribution in [3.63, 3.8) is 0 Å². The number of hydrogen-bond acceptors (Lipinski definition) is 7. The molecule has 1 saturated carbocycles. The van der Waals surface area contributed by atoms with E-state index in [0.29, 0.717) is 65.6 Å². The Labute approximate surface area is 246 Å². The van der Waals surface area contributed by atoms with Gasteiger partial charge < -0.3 is 25.6 Å². The van der Waals surface area contributed by atoms with Gasteiger partial charge in [-0.2, -0.15) is 9.97 Å². The highest BCUT2D eigenvalue weighted by atomic mass is 35.5. The number of hydrogen-bond donors (Lipinski definition) is 3. The molecule has 1 aliphatic heterocycles. The summed E-state index contributed by atoms with van der Waals surface area (Å²) in [7, 11) is 0.